The normalized spacial score (nSPS) is 11.2. The molecule has 0 atom stereocenters. The number of halogens is 1. The molecule has 0 aliphatic carbocycles. The number of hydrogen-bond acceptors (Lipinski definition) is 5. The van der Waals surface area contributed by atoms with Crippen LogP contribution in [0.3, 0.4) is 0 Å². The Balaban J connectivity index is 0.00000167. The molecule has 0 radical (unpaired) electrons. The van der Waals surface area contributed by atoms with Crippen LogP contribution >= 0.6 is 11.6 Å². The first-order valence-electron chi connectivity index (χ1n) is 11.6. The summed E-state index contributed by atoms with van der Waals surface area (Å²) in [6, 6.07) is 9.55. The fraction of sp³-hybridized carbons (Fsp3) is 0.385. The van der Waals surface area contributed by atoms with Crippen molar-refractivity contribution >= 4 is 29.2 Å². The van der Waals surface area contributed by atoms with Crippen molar-refractivity contribution in [2.45, 2.75) is 60.6 Å². The maximum absolute atomic E-state index is 13.4. The van der Waals surface area contributed by atoms with Crippen LogP contribution in [-0.4, -0.2) is 35.8 Å². The van der Waals surface area contributed by atoms with Gasteiger partial charge in [0.25, 0.3) is 0 Å². The molecule has 0 aliphatic rings. The van der Waals surface area contributed by atoms with Gasteiger partial charge in [-0.2, -0.15) is 9.61 Å². The lowest BCUT2D eigenvalue weighted by atomic mass is 10.1. The lowest BCUT2D eigenvalue weighted by Crippen LogP contribution is -2.37. The molecule has 0 unspecified atom stereocenters. The summed E-state index contributed by atoms with van der Waals surface area (Å²) in [5.41, 5.74) is 3.50. The third-order valence-corrected chi connectivity index (χ3v) is 5.44. The lowest BCUT2D eigenvalue weighted by Gasteiger charge is -2.28. The van der Waals surface area contributed by atoms with E-state index >= 15 is 0 Å². The number of rotatable bonds is 4. The smallest absolute Gasteiger partial charge is 0.416 e. The lowest BCUT2D eigenvalue weighted by molar-refractivity contribution is 0.0575. The molecule has 1 amide bonds. The van der Waals surface area contributed by atoms with Gasteiger partial charge < -0.3 is 9.30 Å². The maximum Gasteiger partial charge on any atom is 0.416 e. The van der Waals surface area contributed by atoms with Gasteiger partial charge in [0.2, 0.25) is 0 Å². The quantitative estimate of drug-likeness (QED) is 0.307. The molecule has 3 aromatic heterocycles. The molecule has 3 heterocycles. The summed E-state index contributed by atoms with van der Waals surface area (Å²) in [5.74, 6) is 1.33. The van der Waals surface area contributed by atoms with Crippen LogP contribution in [0.5, 0.6) is 0 Å². The summed E-state index contributed by atoms with van der Waals surface area (Å²) < 4.78 is 9.33. The van der Waals surface area contributed by atoms with Crippen LogP contribution in [0.1, 0.15) is 51.4 Å². The van der Waals surface area contributed by atoms with Crippen molar-refractivity contribution in [1.29, 1.82) is 0 Å². The number of nitrogens with zero attached hydrogens (tertiary/aromatic N) is 6. The van der Waals surface area contributed by atoms with E-state index in [1.165, 1.54) is 4.90 Å². The summed E-state index contributed by atoms with van der Waals surface area (Å²) in [7, 11) is 1.94. The molecule has 186 valence electrons. The number of aryl methyl sites for hydroxylation is 3. The third-order valence-electron chi connectivity index (χ3n) is 5.24. The fourth-order valence-corrected chi connectivity index (χ4v) is 3.75. The van der Waals surface area contributed by atoms with Crippen molar-refractivity contribution in [3.63, 3.8) is 0 Å². The zero-order valence-corrected chi connectivity index (χ0v) is 22.4. The van der Waals surface area contributed by atoms with E-state index in [0.29, 0.717) is 11.5 Å². The molecule has 0 saturated heterocycles. The van der Waals surface area contributed by atoms with Crippen LogP contribution < -0.4 is 4.90 Å². The topological polar surface area (TPSA) is 77.5 Å². The Morgan fingerprint density at radius 1 is 1.17 bits per heavy atom. The molecule has 1 aromatic carbocycles. The molecule has 8 nitrogen and oxygen atoms in total. The molecular weight excluding hydrogens is 464 g/mol. The van der Waals surface area contributed by atoms with Gasteiger partial charge in [0.15, 0.2) is 5.65 Å². The second-order valence-electron chi connectivity index (χ2n) is 9.01. The number of aromatic nitrogens is 5. The zero-order chi connectivity index (χ0) is 25.9. The molecule has 35 heavy (non-hydrogen) atoms. The zero-order valence-electron chi connectivity index (χ0n) is 21.6. The highest BCUT2D eigenvalue weighted by Crippen LogP contribution is 2.27. The Bertz CT molecular complexity index is 1340. The first-order chi connectivity index (χ1) is 16.5. The van der Waals surface area contributed by atoms with Gasteiger partial charge in [-0.15, -0.1) is 0 Å². The third kappa shape index (κ3) is 5.82. The number of amides is 1. The van der Waals surface area contributed by atoms with E-state index in [0.717, 1.165) is 28.2 Å². The highest BCUT2D eigenvalue weighted by atomic mass is 35.5. The Labute approximate surface area is 211 Å². The Morgan fingerprint density at radius 3 is 2.51 bits per heavy atom. The SMILES string of the molecule is CC.Cc1nn2c(N(Cc3cccc(-c4nccn4C)c3)C(=O)OC(C)(C)C)cc(Cl)nc2c1C. The molecule has 0 saturated carbocycles. The Morgan fingerprint density at radius 2 is 1.89 bits per heavy atom. The average Bonchev–Trinajstić information content (AvgIpc) is 3.35. The monoisotopic (exact) mass is 496 g/mol. The molecular formula is C26H33ClN6O2. The maximum atomic E-state index is 13.4. The number of anilines is 1. The van der Waals surface area contributed by atoms with Gasteiger partial charge in [0, 0.05) is 36.6 Å². The van der Waals surface area contributed by atoms with Crippen molar-refractivity contribution < 1.29 is 9.53 Å². The van der Waals surface area contributed by atoms with Gasteiger partial charge in [-0.3, -0.25) is 4.90 Å². The van der Waals surface area contributed by atoms with Crippen molar-refractivity contribution in [3.8, 4) is 11.4 Å². The Kier molecular flexibility index (Phi) is 7.85. The van der Waals surface area contributed by atoms with Crippen LogP contribution in [-0.2, 0) is 18.3 Å². The van der Waals surface area contributed by atoms with Gasteiger partial charge in [-0.05, 0) is 46.2 Å². The minimum absolute atomic E-state index is 0.251. The number of benzene rings is 1. The molecule has 0 spiro atoms. The number of fused-ring (bicyclic) bond motifs is 1. The number of imidazole rings is 1. The number of ether oxygens (including phenoxy) is 1. The minimum Gasteiger partial charge on any atom is -0.443 e. The van der Waals surface area contributed by atoms with Gasteiger partial charge in [-0.1, -0.05) is 43.6 Å². The Hall–Kier alpha value is -3.39. The van der Waals surface area contributed by atoms with E-state index in [1.807, 2.05) is 90.5 Å². The molecule has 0 fully saturated rings. The van der Waals surface area contributed by atoms with Crippen molar-refractivity contribution in [3.05, 3.63) is 64.7 Å². The van der Waals surface area contributed by atoms with Gasteiger partial charge in [0.05, 0.1) is 12.2 Å². The summed E-state index contributed by atoms with van der Waals surface area (Å²) in [6.07, 6.45) is 3.15. The van der Waals surface area contributed by atoms with Crippen molar-refractivity contribution in [2.24, 2.45) is 7.05 Å². The molecule has 4 aromatic rings. The minimum atomic E-state index is -0.671. The van der Waals surface area contributed by atoms with Gasteiger partial charge >= 0.3 is 6.09 Å². The number of carbonyl (C=O) groups is 1. The first-order valence-corrected chi connectivity index (χ1v) is 12.0. The van der Waals surface area contributed by atoms with E-state index in [2.05, 4.69) is 15.1 Å². The molecule has 4 rings (SSSR count). The van der Waals surface area contributed by atoms with E-state index in [1.54, 1.807) is 16.8 Å². The van der Waals surface area contributed by atoms with Gasteiger partial charge in [0.1, 0.15) is 22.4 Å². The van der Waals surface area contributed by atoms with Crippen molar-refractivity contribution in [2.75, 3.05) is 4.90 Å². The standard InChI is InChI=1S/C24H27ClN6O2.C2H6/c1-15-16(2)28-31-20(13-19(25)27-21(15)31)30(23(32)33-24(3,4)5)14-17-8-7-9-18(12-17)22-26-10-11-29(22)6;1-2/h7-13H,14H2,1-6H3;1-2H3. The molecule has 0 aliphatic heterocycles. The predicted molar refractivity (Wildman–Crippen MR) is 140 cm³/mol. The molecule has 0 bridgehead atoms. The summed E-state index contributed by atoms with van der Waals surface area (Å²) in [6.45, 7) is 13.6. The summed E-state index contributed by atoms with van der Waals surface area (Å²) in [4.78, 5) is 23.7. The van der Waals surface area contributed by atoms with Crippen LogP contribution in [0, 0.1) is 13.8 Å². The van der Waals surface area contributed by atoms with E-state index in [-0.39, 0.29) is 11.7 Å². The molecule has 9 heteroatoms. The van der Waals surface area contributed by atoms with E-state index < -0.39 is 11.7 Å². The van der Waals surface area contributed by atoms with Crippen LogP contribution in [0.2, 0.25) is 5.15 Å². The van der Waals surface area contributed by atoms with Crippen LogP contribution in [0.15, 0.2) is 42.7 Å². The van der Waals surface area contributed by atoms with Crippen LogP contribution in [0.4, 0.5) is 10.6 Å². The number of hydrogen-bond donors (Lipinski definition) is 0. The number of carbonyl (C=O) groups excluding carboxylic acids is 1. The van der Waals surface area contributed by atoms with E-state index in [9.17, 15) is 4.79 Å². The van der Waals surface area contributed by atoms with Crippen molar-refractivity contribution in [1.82, 2.24) is 24.1 Å². The highest BCUT2D eigenvalue weighted by molar-refractivity contribution is 6.29. The summed E-state index contributed by atoms with van der Waals surface area (Å²) in [5, 5.41) is 4.87. The van der Waals surface area contributed by atoms with E-state index in [4.69, 9.17) is 16.3 Å². The molecule has 0 N–H and O–H groups in total. The second-order valence-corrected chi connectivity index (χ2v) is 9.40. The largest absolute Gasteiger partial charge is 0.443 e. The first kappa shape index (κ1) is 26.2. The predicted octanol–water partition coefficient (Wildman–Crippen LogP) is 6.37. The fourth-order valence-electron chi connectivity index (χ4n) is 3.57. The average molecular weight is 497 g/mol. The summed E-state index contributed by atoms with van der Waals surface area (Å²) >= 11 is 6.36. The van der Waals surface area contributed by atoms with Gasteiger partial charge in [-0.25, -0.2) is 14.8 Å². The van der Waals surface area contributed by atoms with Crippen LogP contribution in [0.25, 0.3) is 17.0 Å². The highest BCUT2D eigenvalue weighted by Gasteiger charge is 2.27. The second kappa shape index (κ2) is 10.5.